The summed E-state index contributed by atoms with van der Waals surface area (Å²) in [7, 11) is 0. The maximum atomic E-state index is 13.4. The molecule has 2 saturated heterocycles. The average molecular weight is 679 g/mol. The number of nitrogens with one attached hydrogen (secondary N) is 1. The first kappa shape index (κ1) is 35.8. The van der Waals surface area contributed by atoms with Crippen molar-refractivity contribution < 1.29 is 19.1 Å². The van der Waals surface area contributed by atoms with Crippen LogP contribution in [0.5, 0.6) is 5.75 Å². The summed E-state index contributed by atoms with van der Waals surface area (Å²) in [6.07, 6.45) is -0.375. The van der Waals surface area contributed by atoms with Gasteiger partial charge in [-0.05, 0) is 57.2 Å². The lowest BCUT2D eigenvalue weighted by Crippen LogP contribution is -2.74. The topological polar surface area (TPSA) is 101 Å². The highest BCUT2D eigenvalue weighted by molar-refractivity contribution is 6.31. The van der Waals surface area contributed by atoms with Crippen LogP contribution in [0.25, 0.3) is 0 Å². The zero-order valence-electron chi connectivity index (χ0n) is 29.5. The number of nitriles is 1. The molecule has 11 heteroatoms. The van der Waals surface area contributed by atoms with E-state index in [1.54, 1.807) is 18.2 Å². The van der Waals surface area contributed by atoms with Gasteiger partial charge in [-0.15, -0.1) is 0 Å². The van der Waals surface area contributed by atoms with Gasteiger partial charge in [-0.1, -0.05) is 39.3 Å². The number of benzene rings is 2. The minimum absolute atomic E-state index is 0.0932. The standard InChI is InChI=1S/C37H51ClN6O4/c1-35(2,3)48-34(46)44-22-18-42(19-23-44)15-14-41-16-20-43(21-17-41)28-11-8-26(9-12-28)31(45)40-32-36(4,5)33(37(32,6)7)47-29-13-10-27(25-39)30(38)24-29/h8-13,24,32-33H,14-23H2,1-7H3,(H,40,45)/t32-,33-. The SMILES string of the molecule is CC(C)(C)OC(=O)N1CCN(CCN2CCN(c3ccc(C(=O)N[C@H]4C(C)(C)[C@H](Oc5ccc(C#N)c(Cl)c5)C4(C)C)cc3)CC2)CC1. The number of amides is 2. The molecule has 1 aliphatic carbocycles. The molecule has 2 aromatic rings. The Morgan fingerprint density at radius 1 is 0.896 bits per heavy atom. The third kappa shape index (κ3) is 8.02. The van der Waals surface area contributed by atoms with Gasteiger partial charge in [0.05, 0.1) is 10.6 Å². The van der Waals surface area contributed by atoms with E-state index in [0.29, 0.717) is 35.0 Å². The Labute approximate surface area is 290 Å². The third-order valence-electron chi connectivity index (χ3n) is 10.1. The van der Waals surface area contributed by atoms with E-state index in [1.165, 1.54) is 0 Å². The maximum absolute atomic E-state index is 13.4. The van der Waals surface area contributed by atoms with Crippen molar-refractivity contribution in [1.82, 2.24) is 20.0 Å². The van der Waals surface area contributed by atoms with Crippen LogP contribution in [0.15, 0.2) is 42.5 Å². The summed E-state index contributed by atoms with van der Waals surface area (Å²) >= 11 is 6.23. The van der Waals surface area contributed by atoms with Gasteiger partial charge < -0.3 is 24.6 Å². The van der Waals surface area contributed by atoms with Crippen molar-refractivity contribution >= 4 is 29.3 Å². The summed E-state index contributed by atoms with van der Waals surface area (Å²) in [4.78, 5) is 34.9. The number of carbonyl (C=O) groups is 2. The van der Waals surface area contributed by atoms with Crippen LogP contribution in [-0.2, 0) is 4.74 Å². The number of ether oxygens (including phenoxy) is 2. The van der Waals surface area contributed by atoms with Crippen LogP contribution in [0, 0.1) is 22.2 Å². The Balaban J connectivity index is 1.06. The second-order valence-electron chi connectivity index (χ2n) is 15.5. The number of hydrogen-bond acceptors (Lipinski definition) is 8. The lowest BCUT2D eigenvalue weighted by molar-refractivity contribution is -0.164. The molecular weight excluding hydrogens is 628 g/mol. The Morgan fingerprint density at radius 3 is 1.98 bits per heavy atom. The van der Waals surface area contributed by atoms with E-state index in [0.717, 1.165) is 58.0 Å². The van der Waals surface area contributed by atoms with Crippen molar-refractivity contribution in [3.05, 3.63) is 58.6 Å². The first-order valence-corrected chi connectivity index (χ1v) is 17.4. The number of carbonyl (C=O) groups excluding carboxylic acids is 2. The third-order valence-corrected chi connectivity index (χ3v) is 10.4. The molecule has 0 aromatic heterocycles. The largest absolute Gasteiger partial charge is 0.489 e. The maximum Gasteiger partial charge on any atom is 0.410 e. The van der Waals surface area contributed by atoms with E-state index in [2.05, 4.69) is 53.8 Å². The monoisotopic (exact) mass is 678 g/mol. The fraction of sp³-hybridized carbons (Fsp3) is 0.595. The van der Waals surface area contributed by atoms with E-state index in [9.17, 15) is 14.9 Å². The van der Waals surface area contributed by atoms with E-state index >= 15 is 0 Å². The van der Waals surface area contributed by atoms with Crippen molar-refractivity contribution in [2.24, 2.45) is 10.8 Å². The van der Waals surface area contributed by atoms with Crippen LogP contribution in [0.3, 0.4) is 0 Å². The van der Waals surface area contributed by atoms with E-state index in [1.807, 2.05) is 49.9 Å². The quantitative estimate of drug-likeness (QED) is 0.391. The van der Waals surface area contributed by atoms with Crippen LogP contribution in [0.2, 0.25) is 5.02 Å². The number of piperazine rings is 2. The Bertz CT molecular complexity index is 1480. The van der Waals surface area contributed by atoms with Crippen molar-refractivity contribution in [1.29, 1.82) is 5.26 Å². The van der Waals surface area contributed by atoms with Gasteiger partial charge in [-0.2, -0.15) is 5.26 Å². The van der Waals surface area contributed by atoms with Gasteiger partial charge in [-0.3, -0.25) is 14.6 Å². The predicted octanol–water partition coefficient (Wildman–Crippen LogP) is 5.50. The molecule has 3 aliphatic rings. The molecule has 3 fully saturated rings. The molecule has 2 amide bonds. The average Bonchev–Trinajstić information content (AvgIpc) is 3.04. The highest BCUT2D eigenvalue weighted by Crippen LogP contribution is 2.55. The highest BCUT2D eigenvalue weighted by Gasteiger charge is 2.64. The molecule has 5 rings (SSSR count). The summed E-state index contributed by atoms with van der Waals surface area (Å²) in [5.74, 6) is 0.519. The summed E-state index contributed by atoms with van der Waals surface area (Å²) < 4.78 is 11.9. The fourth-order valence-electron chi connectivity index (χ4n) is 7.63. The molecule has 260 valence electrons. The number of halogens is 1. The van der Waals surface area contributed by atoms with Gasteiger partial charge in [0.15, 0.2) is 0 Å². The molecular formula is C37H51ClN6O4. The Hall–Kier alpha value is -3.52. The molecule has 48 heavy (non-hydrogen) atoms. The Morgan fingerprint density at radius 2 is 1.46 bits per heavy atom. The normalized spacial score (nSPS) is 22.7. The van der Waals surface area contributed by atoms with Crippen LogP contribution >= 0.6 is 11.6 Å². The zero-order chi connectivity index (χ0) is 34.9. The fourth-order valence-corrected chi connectivity index (χ4v) is 7.84. The lowest BCUT2D eigenvalue weighted by atomic mass is 9.49. The predicted molar refractivity (Wildman–Crippen MR) is 189 cm³/mol. The molecule has 0 spiro atoms. The van der Waals surface area contributed by atoms with Crippen LogP contribution in [-0.4, -0.2) is 110 Å². The number of hydrogen-bond donors (Lipinski definition) is 1. The minimum Gasteiger partial charge on any atom is -0.489 e. The summed E-state index contributed by atoms with van der Waals surface area (Å²) in [5, 5.41) is 12.8. The van der Waals surface area contributed by atoms with Crippen LogP contribution in [0.4, 0.5) is 10.5 Å². The second kappa shape index (κ2) is 14.1. The molecule has 1 N–H and O–H groups in total. The molecule has 0 atom stereocenters. The molecule has 1 saturated carbocycles. The molecule has 0 radical (unpaired) electrons. The van der Waals surface area contributed by atoms with Crippen LogP contribution in [0.1, 0.15) is 64.4 Å². The van der Waals surface area contributed by atoms with Gasteiger partial charge in [-0.25, -0.2) is 4.79 Å². The van der Waals surface area contributed by atoms with E-state index < -0.39 is 5.60 Å². The van der Waals surface area contributed by atoms with Crippen molar-refractivity contribution in [3.8, 4) is 11.8 Å². The molecule has 10 nitrogen and oxygen atoms in total. The zero-order valence-corrected chi connectivity index (χ0v) is 30.3. The van der Waals surface area contributed by atoms with Gasteiger partial charge >= 0.3 is 6.09 Å². The molecule has 2 aliphatic heterocycles. The highest BCUT2D eigenvalue weighted by atomic mass is 35.5. The summed E-state index contributed by atoms with van der Waals surface area (Å²) in [6, 6.07) is 15.0. The van der Waals surface area contributed by atoms with Crippen molar-refractivity contribution in [2.75, 3.05) is 70.3 Å². The van der Waals surface area contributed by atoms with Gasteiger partial charge in [0.2, 0.25) is 0 Å². The molecule has 2 aromatic carbocycles. The molecule has 0 unspecified atom stereocenters. The van der Waals surface area contributed by atoms with E-state index in [-0.39, 0.29) is 35.0 Å². The number of rotatable bonds is 8. The van der Waals surface area contributed by atoms with Crippen molar-refractivity contribution in [3.63, 3.8) is 0 Å². The smallest absolute Gasteiger partial charge is 0.410 e. The van der Waals surface area contributed by atoms with Gasteiger partial charge in [0, 0.05) is 99.6 Å². The van der Waals surface area contributed by atoms with E-state index in [4.69, 9.17) is 21.1 Å². The van der Waals surface area contributed by atoms with Gasteiger partial charge in [0.25, 0.3) is 5.91 Å². The Kier molecular flexibility index (Phi) is 10.5. The first-order chi connectivity index (χ1) is 22.6. The molecule has 2 heterocycles. The van der Waals surface area contributed by atoms with Crippen LogP contribution < -0.4 is 15.0 Å². The first-order valence-electron chi connectivity index (χ1n) is 17.0. The minimum atomic E-state index is -0.467. The van der Waals surface area contributed by atoms with Crippen molar-refractivity contribution in [2.45, 2.75) is 66.2 Å². The summed E-state index contributed by atoms with van der Waals surface area (Å²) in [5.41, 5.74) is 1.06. The number of anilines is 1. The second-order valence-corrected chi connectivity index (χ2v) is 15.9. The lowest BCUT2D eigenvalue weighted by Gasteiger charge is -2.63. The van der Waals surface area contributed by atoms with Gasteiger partial charge in [0.1, 0.15) is 23.5 Å². The summed E-state index contributed by atoms with van der Waals surface area (Å²) in [6.45, 7) is 23.1. The molecule has 0 bridgehead atoms. The number of nitrogens with zero attached hydrogens (tertiary/aromatic N) is 5.